The molecule has 0 aliphatic heterocycles. The largest absolute Gasteiger partial charge is 0.477 e. The lowest BCUT2D eigenvalue weighted by atomic mass is 10.2. The molecule has 0 N–H and O–H groups in total. The lowest BCUT2D eigenvalue weighted by Crippen LogP contribution is -2.26. The fraction of sp³-hybridized carbons (Fsp3) is 0.286. The first-order valence-corrected chi connectivity index (χ1v) is 7.38. The van der Waals surface area contributed by atoms with E-state index in [4.69, 9.17) is 16.3 Å². The summed E-state index contributed by atoms with van der Waals surface area (Å²) >= 11 is 7.36. The first-order valence-electron chi connectivity index (χ1n) is 6.19. The molecule has 20 heavy (non-hydrogen) atoms. The number of amides is 1. The van der Waals surface area contributed by atoms with Crippen LogP contribution in [-0.4, -0.2) is 29.4 Å². The molecule has 0 fully saturated rings. The Morgan fingerprint density at radius 2 is 2.25 bits per heavy atom. The van der Waals surface area contributed by atoms with Crippen LogP contribution in [0.3, 0.4) is 0 Å². The predicted octanol–water partition coefficient (Wildman–Crippen LogP) is 3.47. The third-order valence-electron chi connectivity index (χ3n) is 2.65. The Kier molecular flexibility index (Phi) is 4.98. The summed E-state index contributed by atoms with van der Waals surface area (Å²) in [6, 6.07) is 7.20. The smallest absolute Gasteiger partial charge is 0.259 e. The molecule has 2 heterocycles. The molecule has 0 spiro atoms. The van der Waals surface area contributed by atoms with Crippen molar-refractivity contribution >= 4 is 28.8 Å². The summed E-state index contributed by atoms with van der Waals surface area (Å²) in [5.74, 6) is 0.252. The van der Waals surface area contributed by atoms with Crippen LogP contribution in [0, 0.1) is 0 Å². The quantitative estimate of drug-likeness (QED) is 0.849. The second kappa shape index (κ2) is 6.72. The molecule has 0 atom stereocenters. The Morgan fingerprint density at radius 3 is 2.90 bits per heavy atom. The SMILES string of the molecule is CCOc1ncccc1C(=O)N(C)Cc1ccc(Cl)s1. The molecule has 0 aromatic carbocycles. The van der Waals surface area contributed by atoms with E-state index in [0.29, 0.717) is 24.6 Å². The van der Waals surface area contributed by atoms with Crippen molar-refractivity contribution in [1.29, 1.82) is 0 Å². The topological polar surface area (TPSA) is 42.4 Å². The molecule has 2 aromatic rings. The summed E-state index contributed by atoms with van der Waals surface area (Å²) in [6.45, 7) is 2.85. The number of carbonyl (C=O) groups excluding carboxylic acids is 1. The molecule has 0 saturated heterocycles. The van der Waals surface area contributed by atoms with Gasteiger partial charge in [0.15, 0.2) is 0 Å². The van der Waals surface area contributed by atoms with Gasteiger partial charge in [0.05, 0.1) is 17.5 Å². The summed E-state index contributed by atoms with van der Waals surface area (Å²) in [5, 5.41) is 0. The molecule has 0 bridgehead atoms. The number of ether oxygens (including phenoxy) is 1. The Labute approximate surface area is 127 Å². The van der Waals surface area contributed by atoms with E-state index >= 15 is 0 Å². The van der Waals surface area contributed by atoms with Gasteiger partial charge in [0.1, 0.15) is 5.56 Å². The highest BCUT2D eigenvalue weighted by Crippen LogP contribution is 2.23. The van der Waals surface area contributed by atoms with Gasteiger partial charge in [-0.15, -0.1) is 11.3 Å². The van der Waals surface area contributed by atoms with Crippen molar-refractivity contribution in [1.82, 2.24) is 9.88 Å². The number of nitrogens with zero attached hydrogens (tertiary/aromatic N) is 2. The number of pyridine rings is 1. The van der Waals surface area contributed by atoms with Crippen molar-refractivity contribution in [2.24, 2.45) is 0 Å². The Balaban J connectivity index is 2.14. The van der Waals surface area contributed by atoms with Crippen molar-refractivity contribution in [2.75, 3.05) is 13.7 Å². The van der Waals surface area contributed by atoms with E-state index in [1.54, 1.807) is 30.3 Å². The van der Waals surface area contributed by atoms with Crippen LogP contribution >= 0.6 is 22.9 Å². The second-order valence-electron chi connectivity index (χ2n) is 4.16. The number of thiophene rings is 1. The van der Waals surface area contributed by atoms with Gasteiger partial charge in [-0.1, -0.05) is 11.6 Å². The van der Waals surface area contributed by atoms with Crippen molar-refractivity contribution in [3.8, 4) is 5.88 Å². The molecule has 0 aliphatic carbocycles. The van der Waals surface area contributed by atoms with Crippen LogP contribution in [0.5, 0.6) is 5.88 Å². The third kappa shape index (κ3) is 3.49. The zero-order valence-corrected chi connectivity index (χ0v) is 12.9. The van der Waals surface area contributed by atoms with E-state index in [1.165, 1.54) is 11.3 Å². The maximum Gasteiger partial charge on any atom is 0.259 e. The molecule has 0 aliphatic rings. The molecule has 106 valence electrons. The second-order valence-corrected chi connectivity index (χ2v) is 5.96. The minimum atomic E-state index is -0.119. The number of hydrogen-bond acceptors (Lipinski definition) is 4. The van der Waals surface area contributed by atoms with Crippen LogP contribution in [0.4, 0.5) is 0 Å². The number of aromatic nitrogens is 1. The molecule has 0 unspecified atom stereocenters. The number of carbonyl (C=O) groups is 1. The van der Waals surface area contributed by atoms with Crippen LogP contribution in [0.2, 0.25) is 4.34 Å². The van der Waals surface area contributed by atoms with E-state index in [9.17, 15) is 4.79 Å². The van der Waals surface area contributed by atoms with Gasteiger partial charge < -0.3 is 9.64 Å². The van der Waals surface area contributed by atoms with Crippen molar-refractivity contribution in [3.05, 3.63) is 45.2 Å². The Hall–Kier alpha value is -1.59. The zero-order chi connectivity index (χ0) is 14.5. The Morgan fingerprint density at radius 1 is 1.45 bits per heavy atom. The highest BCUT2D eigenvalue weighted by Gasteiger charge is 2.18. The third-order valence-corrected chi connectivity index (χ3v) is 3.87. The fourth-order valence-electron chi connectivity index (χ4n) is 1.75. The fourth-order valence-corrected chi connectivity index (χ4v) is 2.89. The first kappa shape index (κ1) is 14.8. The van der Waals surface area contributed by atoms with Crippen LogP contribution in [0.1, 0.15) is 22.2 Å². The predicted molar refractivity (Wildman–Crippen MR) is 80.5 cm³/mol. The van der Waals surface area contributed by atoms with E-state index in [0.717, 1.165) is 9.21 Å². The number of hydrogen-bond donors (Lipinski definition) is 0. The van der Waals surface area contributed by atoms with Gasteiger partial charge in [-0.2, -0.15) is 0 Å². The van der Waals surface area contributed by atoms with Crippen LogP contribution in [0.25, 0.3) is 0 Å². The maximum atomic E-state index is 12.4. The molecular formula is C14H15ClN2O2S. The summed E-state index contributed by atoms with van der Waals surface area (Å²) in [7, 11) is 1.75. The molecule has 2 rings (SSSR count). The molecule has 4 nitrogen and oxygen atoms in total. The molecule has 6 heteroatoms. The summed E-state index contributed by atoms with van der Waals surface area (Å²) < 4.78 is 6.11. The maximum absolute atomic E-state index is 12.4. The molecule has 0 radical (unpaired) electrons. The van der Waals surface area contributed by atoms with Gasteiger partial charge in [0.25, 0.3) is 5.91 Å². The van der Waals surface area contributed by atoms with Crippen LogP contribution < -0.4 is 4.74 Å². The van der Waals surface area contributed by atoms with Crippen molar-refractivity contribution in [3.63, 3.8) is 0 Å². The zero-order valence-electron chi connectivity index (χ0n) is 11.3. The molecule has 1 amide bonds. The molecule has 0 saturated carbocycles. The Bertz CT molecular complexity index is 600. The molecule has 2 aromatic heterocycles. The lowest BCUT2D eigenvalue weighted by molar-refractivity contribution is 0.0781. The van der Waals surface area contributed by atoms with Crippen molar-refractivity contribution < 1.29 is 9.53 Å². The molecular weight excluding hydrogens is 296 g/mol. The van der Waals surface area contributed by atoms with Crippen molar-refractivity contribution in [2.45, 2.75) is 13.5 Å². The average Bonchev–Trinajstić information content (AvgIpc) is 2.84. The van der Waals surface area contributed by atoms with Gasteiger partial charge in [-0.3, -0.25) is 4.79 Å². The summed E-state index contributed by atoms with van der Waals surface area (Å²) in [4.78, 5) is 19.2. The normalized spacial score (nSPS) is 10.3. The minimum absolute atomic E-state index is 0.119. The monoisotopic (exact) mass is 310 g/mol. The highest BCUT2D eigenvalue weighted by atomic mass is 35.5. The standard InChI is InChI=1S/C14H15ClN2O2S/c1-3-19-13-11(5-4-8-16-13)14(18)17(2)9-10-6-7-12(15)20-10/h4-8H,3,9H2,1-2H3. The van der Waals surface area contributed by atoms with E-state index < -0.39 is 0 Å². The minimum Gasteiger partial charge on any atom is -0.477 e. The van der Waals surface area contributed by atoms with Crippen LogP contribution in [0.15, 0.2) is 30.5 Å². The van der Waals surface area contributed by atoms with E-state index in [1.807, 2.05) is 19.1 Å². The van der Waals surface area contributed by atoms with E-state index in [2.05, 4.69) is 4.98 Å². The van der Waals surface area contributed by atoms with Gasteiger partial charge in [-0.05, 0) is 31.2 Å². The van der Waals surface area contributed by atoms with Crippen LogP contribution in [-0.2, 0) is 6.54 Å². The first-order chi connectivity index (χ1) is 9.61. The summed E-state index contributed by atoms with van der Waals surface area (Å²) in [6.07, 6.45) is 1.61. The van der Waals surface area contributed by atoms with E-state index in [-0.39, 0.29) is 5.91 Å². The van der Waals surface area contributed by atoms with Gasteiger partial charge in [0, 0.05) is 18.1 Å². The summed E-state index contributed by atoms with van der Waals surface area (Å²) in [5.41, 5.74) is 0.472. The lowest BCUT2D eigenvalue weighted by Gasteiger charge is -2.17. The van der Waals surface area contributed by atoms with Gasteiger partial charge in [0.2, 0.25) is 5.88 Å². The highest BCUT2D eigenvalue weighted by molar-refractivity contribution is 7.16. The number of halogens is 1. The average molecular weight is 311 g/mol. The number of rotatable bonds is 5. The van der Waals surface area contributed by atoms with Gasteiger partial charge >= 0.3 is 0 Å². The van der Waals surface area contributed by atoms with Gasteiger partial charge in [-0.25, -0.2) is 4.98 Å².